The van der Waals surface area contributed by atoms with Gasteiger partial charge in [0.1, 0.15) is 0 Å². The maximum atomic E-state index is 6.65. The molecule has 1 N–H and O–H groups in total. The molecule has 1 nitrogen and oxygen atoms in total. The predicted molar refractivity (Wildman–Crippen MR) is 114 cm³/mol. The lowest BCUT2D eigenvalue weighted by Gasteiger charge is -2.39. The second kappa shape index (κ2) is 5.62. The number of hydrogen-bond donors (Lipinski definition) is 1. The van der Waals surface area contributed by atoms with Crippen molar-refractivity contribution < 1.29 is 0 Å². The van der Waals surface area contributed by atoms with Gasteiger partial charge in [-0.3, -0.25) is 0 Å². The summed E-state index contributed by atoms with van der Waals surface area (Å²) in [6, 6.07) is 16.1. The molecule has 0 aromatic heterocycles. The predicted octanol–water partition coefficient (Wildman–Crippen LogP) is 6.73. The topological polar surface area (TPSA) is 12.0 Å². The minimum absolute atomic E-state index is 0.319. The van der Waals surface area contributed by atoms with E-state index >= 15 is 0 Å². The maximum absolute atomic E-state index is 6.65. The average Bonchev–Trinajstić information content (AvgIpc) is 3.33. The fraction of sp³-hybridized carbons (Fsp3) is 0.280. The monoisotopic (exact) mass is 371 g/mol. The van der Waals surface area contributed by atoms with Crippen LogP contribution in [0, 0.1) is 12.8 Å². The Morgan fingerprint density at radius 1 is 1.00 bits per heavy atom. The summed E-state index contributed by atoms with van der Waals surface area (Å²) in [7, 11) is 0. The molecule has 6 rings (SSSR count). The molecule has 3 aromatic rings. The SMILES string of the molecule is Cc1ccc(Cl)c2c1N[C@@H](c1ccc3c4c(cccc14)CC3)[C@H]1CC=C[C@@H]21. The van der Waals surface area contributed by atoms with Gasteiger partial charge in [0, 0.05) is 22.2 Å². The van der Waals surface area contributed by atoms with Crippen LogP contribution < -0.4 is 5.32 Å². The zero-order valence-corrected chi connectivity index (χ0v) is 16.2. The highest BCUT2D eigenvalue weighted by Crippen LogP contribution is 2.53. The molecule has 0 amide bonds. The molecular weight excluding hydrogens is 350 g/mol. The molecule has 0 unspecified atom stereocenters. The van der Waals surface area contributed by atoms with Crippen molar-refractivity contribution in [2.45, 2.75) is 38.1 Å². The molecule has 1 heterocycles. The zero-order chi connectivity index (χ0) is 18.1. The molecule has 0 saturated heterocycles. The summed E-state index contributed by atoms with van der Waals surface area (Å²) in [4.78, 5) is 0. The molecule has 27 heavy (non-hydrogen) atoms. The lowest BCUT2D eigenvalue weighted by atomic mass is 9.75. The van der Waals surface area contributed by atoms with Crippen molar-refractivity contribution in [3.8, 4) is 0 Å². The van der Waals surface area contributed by atoms with E-state index in [4.69, 9.17) is 11.6 Å². The Labute approximate surface area is 165 Å². The molecule has 1 aliphatic heterocycles. The number of aryl methyl sites for hydroxylation is 3. The molecule has 0 fully saturated rings. The van der Waals surface area contributed by atoms with Gasteiger partial charge in [-0.25, -0.2) is 0 Å². The Hall–Kier alpha value is -2.25. The highest BCUT2D eigenvalue weighted by atomic mass is 35.5. The van der Waals surface area contributed by atoms with E-state index in [1.807, 2.05) is 0 Å². The fourth-order valence-electron chi connectivity index (χ4n) is 5.66. The lowest BCUT2D eigenvalue weighted by molar-refractivity contribution is 0.427. The number of nitrogens with one attached hydrogen (secondary N) is 1. The van der Waals surface area contributed by atoms with E-state index in [9.17, 15) is 0 Å². The third-order valence-electron chi connectivity index (χ3n) is 6.92. The second-order valence-corrected chi connectivity index (χ2v) is 8.69. The van der Waals surface area contributed by atoms with Crippen LogP contribution in [-0.4, -0.2) is 0 Å². The Kier molecular flexibility index (Phi) is 3.29. The molecule has 3 aliphatic rings. The normalized spacial score (nSPS) is 24.7. The van der Waals surface area contributed by atoms with Crippen molar-refractivity contribution >= 4 is 28.1 Å². The summed E-state index contributed by atoms with van der Waals surface area (Å²) in [6.45, 7) is 2.19. The third kappa shape index (κ3) is 2.12. The number of halogens is 1. The smallest absolute Gasteiger partial charge is 0.0560 e. The molecule has 0 spiro atoms. The Bertz CT molecular complexity index is 1120. The zero-order valence-electron chi connectivity index (χ0n) is 15.4. The first kappa shape index (κ1) is 15.8. The molecular formula is C25H22ClN. The first-order valence-corrected chi connectivity index (χ1v) is 10.4. The van der Waals surface area contributed by atoms with Crippen LogP contribution in [0.2, 0.25) is 5.02 Å². The highest BCUT2D eigenvalue weighted by Gasteiger charge is 2.40. The first-order valence-electron chi connectivity index (χ1n) is 9.98. The van der Waals surface area contributed by atoms with Gasteiger partial charge in [0.15, 0.2) is 0 Å². The largest absolute Gasteiger partial charge is 0.377 e. The van der Waals surface area contributed by atoms with Crippen molar-refractivity contribution in [3.05, 3.63) is 87.5 Å². The van der Waals surface area contributed by atoms with Crippen molar-refractivity contribution in [1.82, 2.24) is 0 Å². The summed E-state index contributed by atoms with van der Waals surface area (Å²) in [5, 5.41) is 7.76. The van der Waals surface area contributed by atoms with Gasteiger partial charge in [-0.05, 0) is 71.2 Å². The van der Waals surface area contributed by atoms with Gasteiger partial charge in [0.05, 0.1) is 6.04 Å². The molecule has 3 atom stereocenters. The van der Waals surface area contributed by atoms with Crippen molar-refractivity contribution in [2.24, 2.45) is 5.92 Å². The minimum atomic E-state index is 0.319. The van der Waals surface area contributed by atoms with Crippen LogP contribution in [0.3, 0.4) is 0 Å². The fourth-order valence-corrected chi connectivity index (χ4v) is 5.94. The van der Waals surface area contributed by atoms with Crippen LogP contribution in [0.15, 0.2) is 54.6 Å². The van der Waals surface area contributed by atoms with Crippen LogP contribution in [0.5, 0.6) is 0 Å². The van der Waals surface area contributed by atoms with Crippen LogP contribution in [0.25, 0.3) is 10.8 Å². The van der Waals surface area contributed by atoms with Gasteiger partial charge < -0.3 is 5.32 Å². The van der Waals surface area contributed by atoms with E-state index in [1.54, 1.807) is 0 Å². The van der Waals surface area contributed by atoms with Gasteiger partial charge >= 0.3 is 0 Å². The van der Waals surface area contributed by atoms with Crippen molar-refractivity contribution in [3.63, 3.8) is 0 Å². The van der Waals surface area contributed by atoms with Crippen LogP contribution in [0.1, 0.15) is 46.2 Å². The van der Waals surface area contributed by atoms with E-state index in [2.05, 4.69) is 66.9 Å². The van der Waals surface area contributed by atoms with Crippen LogP contribution in [-0.2, 0) is 12.8 Å². The average molecular weight is 372 g/mol. The summed E-state index contributed by atoms with van der Waals surface area (Å²) in [5.74, 6) is 0.928. The van der Waals surface area contributed by atoms with E-state index in [0.717, 1.165) is 11.4 Å². The van der Waals surface area contributed by atoms with Gasteiger partial charge in [-0.15, -0.1) is 0 Å². The molecule has 0 bridgehead atoms. The maximum Gasteiger partial charge on any atom is 0.0560 e. The third-order valence-corrected chi connectivity index (χ3v) is 7.25. The Balaban J connectivity index is 1.58. The molecule has 134 valence electrons. The van der Waals surface area contributed by atoms with E-state index in [1.165, 1.54) is 57.1 Å². The second-order valence-electron chi connectivity index (χ2n) is 8.28. The summed E-state index contributed by atoms with van der Waals surface area (Å²) < 4.78 is 0. The summed E-state index contributed by atoms with van der Waals surface area (Å²) >= 11 is 6.65. The van der Waals surface area contributed by atoms with Gasteiger partial charge in [-0.1, -0.05) is 60.2 Å². The lowest BCUT2D eigenvalue weighted by Crippen LogP contribution is -2.30. The molecule has 2 heteroatoms. The number of allylic oxidation sites excluding steroid dienone is 2. The van der Waals surface area contributed by atoms with Crippen LogP contribution >= 0.6 is 11.6 Å². The number of hydrogen-bond acceptors (Lipinski definition) is 1. The van der Waals surface area contributed by atoms with E-state index < -0.39 is 0 Å². The van der Waals surface area contributed by atoms with Gasteiger partial charge in [0.25, 0.3) is 0 Å². The van der Waals surface area contributed by atoms with Gasteiger partial charge in [-0.2, -0.15) is 0 Å². The highest BCUT2D eigenvalue weighted by molar-refractivity contribution is 6.32. The first-order chi connectivity index (χ1) is 13.2. The number of anilines is 1. The molecule has 2 aliphatic carbocycles. The van der Waals surface area contributed by atoms with Crippen LogP contribution in [0.4, 0.5) is 5.69 Å². The van der Waals surface area contributed by atoms with Crippen molar-refractivity contribution in [2.75, 3.05) is 5.32 Å². The summed E-state index contributed by atoms with van der Waals surface area (Å²) in [5.41, 5.74) is 8.29. The van der Waals surface area contributed by atoms with E-state index in [0.29, 0.717) is 17.9 Å². The molecule has 0 saturated carbocycles. The summed E-state index contributed by atoms with van der Waals surface area (Å²) in [6.07, 6.45) is 8.19. The number of fused-ring (bicyclic) bond motifs is 3. The standard InChI is InChI=1S/C25H22ClN/c1-14-8-13-21(26)23-18-6-3-7-19(18)25(27-24(14)23)20-12-11-16-10-9-15-4-2-5-17(20)22(15)16/h2-6,8,11-13,18-19,25,27H,7,9-10H2,1H3/t18-,19+,25-/m1/s1. The Morgan fingerprint density at radius 2 is 1.85 bits per heavy atom. The van der Waals surface area contributed by atoms with Gasteiger partial charge in [0.2, 0.25) is 0 Å². The molecule has 0 radical (unpaired) electrons. The Morgan fingerprint density at radius 3 is 2.74 bits per heavy atom. The number of benzene rings is 3. The quantitative estimate of drug-likeness (QED) is 0.468. The number of rotatable bonds is 1. The van der Waals surface area contributed by atoms with E-state index in [-0.39, 0.29) is 0 Å². The van der Waals surface area contributed by atoms with Crippen molar-refractivity contribution in [1.29, 1.82) is 0 Å². The molecule has 3 aromatic carbocycles. The minimum Gasteiger partial charge on any atom is -0.377 e.